The largest absolute Gasteiger partial charge is 0.466 e. The van der Waals surface area contributed by atoms with Gasteiger partial charge in [-0.3, -0.25) is 9.59 Å². The van der Waals surface area contributed by atoms with Gasteiger partial charge >= 0.3 is 5.97 Å². The lowest BCUT2D eigenvalue weighted by molar-refractivity contribution is -0.145. The number of rotatable bonds is 4. The Bertz CT molecular complexity index is 465. The van der Waals surface area contributed by atoms with Crippen molar-refractivity contribution in [2.45, 2.75) is 38.5 Å². The molecule has 0 aliphatic heterocycles. The molecule has 0 N–H and O–H groups in total. The van der Waals surface area contributed by atoms with Crippen LogP contribution in [0.3, 0.4) is 0 Å². The van der Waals surface area contributed by atoms with Crippen molar-refractivity contribution in [1.82, 2.24) is 0 Å². The molecule has 1 aliphatic carbocycles. The van der Waals surface area contributed by atoms with Crippen LogP contribution in [-0.4, -0.2) is 18.4 Å². The highest BCUT2D eigenvalue weighted by molar-refractivity contribution is 5.99. The SMILES string of the molecule is CCOC(=O)CC(=O)[C@@H]1C[C@@H](C)c2ccccc21. The predicted molar refractivity (Wildman–Crippen MR) is 68.5 cm³/mol. The molecule has 18 heavy (non-hydrogen) atoms. The van der Waals surface area contributed by atoms with Crippen LogP contribution in [0.15, 0.2) is 24.3 Å². The van der Waals surface area contributed by atoms with E-state index < -0.39 is 5.97 Å². The van der Waals surface area contributed by atoms with Gasteiger partial charge < -0.3 is 4.74 Å². The topological polar surface area (TPSA) is 43.4 Å². The first-order valence-electron chi connectivity index (χ1n) is 6.40. The van der Waals surface area contributed by atoms with Crippen molar-refractivity contribution < 1.29 is 14.3 Å². The van der Waals surface area contributed by atoms with Crippen LogP contribution in [-0.2, 0) is 14.3 Å². The molecular formula is C15H18O3. The molecule has 96 valence electrons. The van der Waals surface area contributed by atoms with E-state index in [9.17, 15) is 9.59 Å². The van der Waals surface area contributed by atoms with Gasteiger partial charge in [0, 0.05) is 5.92 Å². The summed E-state index contributed by atoms with van der Waals surface area (Å²) >= 11 is 0. The van der Waals surface area contributed by atoms with Crippen LogP contribution < -0.4 is 0 Å². The molecule has 2 rings (SSSR count). The molecule has 0 spiro atoms. The number of hydrogen-bond acceptors (Lipinski definition) is 3. The first kappa shape index (κ1) is 12.8. The van der Waals surface area contributed by atoms with Crippen molar-refractivity contribution in [3.8, 4) is 0 Å². The Morgan fingerprint density at radius 3 is 2.61 bits per heavy atom. The molecule has 0 heterocycles. The van der Waals surface area contributed by atoms with Gasteiger partial charge in [-0.15, -0.1) is 0 Å². The van der Waals surface area contributed by atoms with E-state index in [-0.39, 0.29) is 18.1 Å². The Kier molecular flexibility index (Phi) is 3.80. The van der Waals surface area contributed by atoms with Crippen LogP contribution >= 0.6 is 0 Å². The highest BCUT2D eigenvalue weighted by atomic mass is 16.5. The summed E-state index contributed by atoms with van der Waals surface area (Å²) in [5, 5.41) is 0. The molecule has 0 unspecified atom stereocenters. The predicted octanol–water partition coefficient (Wildman–Crippen LogP) is 2.80. The van der Waals surface area contributed by atoms with E-state index >= 15 is 0 Å². The molecule has 0 saturated carbocycles. The zero-order valence-corrected chi connectivity index (χ0v) is 10.8. The highest BCUT2D eigenvalue weighted by Gasteiger charge is 2.33. The third-order valence-corrected chi connectivity index (χ3v) is 3.50. The van der Waals surface area contributed by atoms with Crippen LogP contribution in [0.25, 0.3) is 0 Å². The molecule has 1 aliphatic rings. The molecule has 3 nitrogen and oxygen atoms in total. The molecular weight excluding hydrogens is 228 g/mol. The molecule has 0 aromatic heterocycles. The maximum absolute atomic E-state index is 12.1. The smallest absolute Gasteiger partial charge is 0.313 e. The van der Waals surface area contributed by atoms with Crippen LogP contribution in [0, 0.1) is 0 Å². The summed E-state index contributed by atoms with van der Waals surface area (Å²) in [6.45, 7) is 4.19. The lowest BCUT2D eigenvalue weighted by Crippen LogP contribution is -2.16. The standard InChI is InChI=1S/C15H18O3/c1-3-18-15(17)9-14(16)13-8-10(2)11-6-4-5-7-12(11)13/h4-7,10,13H,3,8-9H2,1-2H3/t10-,13-/m1/s1. The zero-order valence-electron chi connectivity index (χ0n) is 10.8. The molecule has 3 heteroatoms. The minimum atomic E-state index is -0.417. The van der Waals surface area contributed by atoms with Gasteiger partial charge in [0.2, 0.25) is 0 Å². The third kappa shape index (κ3) is 2.45. The Morgan fingerprint density at radius 1 is 1.28 bits per heavy atom. The van der Waals surface area contributed by atoms with E-state index in [4.69, 9.17) is 4.74 Å². The molecule has 0 amide bonds. The Hall–Kier alpha value is -1.64. The van der Waals surface area contributed by atoms with Crippen molar-refractivity contribution in [1.29, 1.82) is 0 Å². The van der Waals surface area contributed by atoms with Crippen LogP contribution in [0.5, 0.6) is 0 Å². The van der Waals surface area contributed by atoms with E-state index in [0.717, 1.165) is 12.0 Å². The molecule has 1 aromatic rings. The fourth-order valence-electron chi connectivity index (χ4n) is 2.67. The Balaban J connectivity index is 2.12. The van der Waals surface area contributed by atoms with Crippen molar-refractivity contribution in [2.24, 2.45) is 0 Å². The number of esters is 1. The van der Waals surface area contributed by atoms with Crippen LogP contribution in [0.4, 0.5) is 0 Å². The minimum Gasteiger partial charge on any atom is -0.466 e. The highest BCUT2D eigenvalue weighted by Crippen LogP contribution is 2.42. The summed E-state index contributed by atoms with van der Waals surface area (Å²) in [4.78, 5) is 23.5. The third-order valence-electron chi connectivity index (χ3n) is 3.50. The van der Waals surface area contributed by atoms with Gasteiger partial charge in [-0.1, -0.05) is 31.2 Å². The Morgan fingerprint density at radius 2 is 1.94 bits per heavy atom. The summed E-state index contributed by atoms with van der Waals surface area (Å²) in [5.41, 5.74) is 2.32. The van der Waals surface area contributed by atoms with Gasteiger partial charge in [0.25, 0.3) is 0 Å². The lowest BCUT2D eigenvalue weighted by Gasteiger charge is -2.09. The number of carbonyl (C=O) groups excluding carboxylic acids is 2. The molecule has 0 radical (unpaired) electrons. The fraction of sp³-hybridized carbons (Fsp3) is 0.467. The van der Waals surface area contributed by atoms with Crippen molar-refractivity contribution in [2.75, 3.05) is 6.61 Å². The van der Waals surface area contributed by atoms with E-state index in [2.05, 4.69) is 13.0 Å². The number of fused-ring (bicyclic) bond motifs is 1. The molecule has 1 aromatic carbocycles. The number of hydrogen-bond donors (Lipinski definition) is 0. The Labute approximate surface area is 107 Å². The van der Waals surface area contributed by atoms with Crippen LogP contribution in [0.1, 0.15) is 49.7 Å². The van der Waals surface area contributed by atoms with Gasteiger partial charge in [0.1, 0.15) is 6.42 Å². The second-order valence-corrected chi connectivity index (χ2v) is 4.77. The van der Waals surface area contributed by atoms with Crippen molar-refractivity contribution in [3.05, 3.63) is 35.4 Å². The summed E-state index contributed by atoms with van der Waals surface area (Å²) < 4.78 is 4.83. The van der Waals surface area contributed by atoms with Crippen molar-refractivity contribution >= 4 is 11.8 Å². The second-order valence-electron chi connectivity index (χ2n) is 4.77. The molecule has 0 fully saturated rings. The summed E-state index contributed by atoms with van der Waals surface area (Å²) in [6.07, 6.45) is 0.692. The number of ether oxygens (including phenoxy) is 1. The lowest BCUT2D eigenvalue weighted by atomic mass is 9.94. The average molecular weight is 246 g/mol. The normalized spacial score (nSPS) is 21.4. The summed E-state index contributed by atoms with van der Waals surface area (Å²) in [7, 11) is 0. The summed E-state index contributed by atoms with van der Waals surface area (Å²) in [5.74, 6) is -0.192. The van der Waals surface area contributed by atoms with E-state index in [0.29, 0.717) is 12.5 Å². The molecule has 0 bridgehead atoms. The van der Waals surface area contributed by atoms with E-state index in [1.165, 1.54) is 5.56 Å². The first-order valence-corrected chi connectivity index (χ1v) is 6.40. The molecule has 2 atom stereocenters. The van der Waals surface area contributed by atoms with Gasteiger partial charge in [-0.2, -0.15) is 0 Å². The van der Waals surface area contributed by atoms with Gasteiger partial charge in [-0.25, -0.2) is 0 Å². The van der Waals surface area contributed by atoms with E-state index in [1.807, 2.05) is 18.2 Å². The monoisotopic (exact) mass is 246 g/mol. The molecule has 0 saturated heterocycles. The van der Waals surface area contributed by atoms with Gasteiger partial charge in [-0.05, 0) is 30.4 Å². The number of Topliss-reactive ketones (excluding diaryl/α,β-unsaturated/α-hetero) is 1. The van der Waals surface area contributed by atoms with Gasteiger partial charge in [0.15, 0.2) is 5.78 Å². The minimum absolute atomic E-state index is 0.0229. The summed E-state index contributed by atoms with van der Waals surface area (Å²) in [6, 6.07) is 8.00. The maximum atomic E-state index is 12.1. The first-order chi connectivity index (χ1) is 8.63. The number of carbonyl (C=O) groups is 2. The second kappa shape index (κ2) is 5.34. The van der Waals surface area contributed by atoms with Crippen LogP contribution in [0.2, 0.25) is 0 Å². The quantitative estimate of drug-likeness (QED) is 0.606. The number of ketones is 1. The number of benzene rings is 1. The van der Waals surface area contributed by atoms with E-state index in [1.54, 1.807) is 6.92 Å². The average Bonchev–Trinajstić information content (AvgIpc) is 2.68. The zero-order chi connectivity index (χ0) is 13.1. The fourth-order valence-corrected chi connectivity index (χ4v) is 2.67. The van der Waals surface area contributed by atoms with Crippen molar-refractivity contribution in [3.63, 3.8) is 0 Å². The van der Waals surface area contributed by atoms with Gasteiger partial charge in [0.05, 0.1) is 6.61 Å². The maximum Gasteiger partial charge on any atom is 0.313 e.